The molecular weight excluding hydrogens is 489 g/mol. The Kier molecular flexibility index (Phi) is 6.19. The number of anilines is 5. The first-order valence-electron chi connectivity index (χ1n) is 10.0. The molecule has 184 valence electrons. The molecule has 3 aromatic rings. The van der Waals surface area contributed by atoms with E-state index < -0.39 is 27.6 Å². The predicted octanol–water partition coefficient (Wildman–Crippen LogP) is 2.53. The van der Waals surface area contributed by atoms with Crippen LogP contribution >= 0.6 is 0 Å². The van der Waals surface area contributed by atoms with Crippen LogP contribution in [0.25, 0.3) is 0 Å². The van der Waals surface area contributed by atoms with Crippen LogP contribution in [0.5, 0.6) is 0 Å². The third-order valence-electron chi connectivity index (χ3n) is 5.11. The Morgan fingerprint density at radius 2 is 1.97 bits per heavy atom. The molecule has 11 nitrogen and oxygen atoms in total. The summed E-state index contributed by atoms with van der Waals surface area (Å²) in [6.07, 6.45) is -0.545. The number of amides is 1. The topological polar surface area (TPSA) is 142 Å². The lowest BCUT2D eigenvalue weighted by molar-refractivity contribution is -0.137. The number of carbonyl (C=O) groups is 1. The Balaban J connectivity index is 1.61. The zero-order valence-corrected chi connectivity index (χ0v) is 19.2. The minimum absolute atomic E-state index is 0.102. The Hall–Kier alpha value is -4.01. The molecule has 3 N–H and O–H groups in total. The van der Waals surface area contributed by atoms with E-state index in [2.05, 4.69) is 35.9 Å². The van der Waals surface area contributed by atoms with Crippen molar-refractivity contribution in [1.29, 1.82) is 0 Å². The summed E-state index contributed by atoms with van der Waals surface area (Å²) in [7, 11) is -2.37. The maximum atomic E-state index is 13.6. The average molecular weight is 508 g/mol. The van der Waals surface area contributed by atoms with E-state index in [1.165, 1.54) is 13.2 Å². The summed E-state index contributed by atoms with van der Waals surface area (Å²) >= 11 is 0. The number of nitrogens with one attached hydrogen (secondary N) is 3. The number of rotatable bonds is 7. The molecule has 0 unspecified atom stereocenters. The van der Waals surface area contributed by atoms with Gasteiger partial charge < -0.3 is 16.0 Å². The zero-order valence-electron chi connectivity index (χ0n) is 18.4. The van der Waals surface area contributed by atoms with E-state index in [0.717, 1.165) is 22.5 Å². The maximum Gasteiger partial charge on any atom is 0.421 e. The van der Waals surface area contributed by atoms with Crippen molar-refractivity contribution in [3.8, 4) is 0 Å². The molecule has 0 radical (unpaired) electrons. The highest BCUT2D eigenvalue weighted by atomic mass is 32.2. The zero-order chi connectivity index (χ0) is 25.4. The fourth-order valence-corrected chi connectivity index (χ4v) is 3.82. The molecule has 2 aromatic heterocycles. The highest BCUT2D eigenvalue weighted by Gasteiger charge is 2.35. The lowest BCUT2D eigenvalue weighted by atomic mass is 10.1. The van der Waals surface area contributed by atoms with Crippen LogP contribution in [0.4, 0.5) is 42.0 Å². The van der Waals surface area contributed by atoms with Gasteiger partial charge in [-0.15, -0.1) is 0 Å². The van der Waals surface area contributed by atoms with Gasteiger partial charge in [-0.05, 0) is 23.8 Å². The van der Waals surface area contributed by atoms with Crippen LogP contribution in [0.3, 0.4) is 0 Å². The summed E-state index contributed by atoms with van der Waals surface area (Å²) in [5, 5.41) is 8.10. The van der Waals surface area contributed by atoms with Crippen molar-refractivity contribution in [2.24, 2.45) is 0 Å². The van der Waals surface area contributed by atoms with Crippen molar-refractivity contribution in [1.82, 2.24) is 19.9 Å². The van der Waals surface area contributed by atoms with Crippen molar-refractivity contribution in [2.45, 2.75) is 19.1 Å². The Bertz CT molecular complexity index is 1400. The van der Waals surface area contributed by atoms with E-state index >= 15 is 0 Å². The SMILES string of the molecule is CN(c1cncnc1CNc1nc(Nc2ccc3c(c2)CC(=O)N3)ncc1C(F)(F)F)S(C)(=O)=O. The predicted molar refractivity (Wildman–Crippen MR) is 122 cm³/mol. The smallest absolute Gasteiger partial charge is 0.364 e. The summed E-state index contributed by atoms with van der Waals surface area (Å²) in [4.78, 5) is 27.1. The number of aromatic nitrogens is 4. The van der Waals surface area contributed by atoms with Gasteiger partial charge in [0.1, 0.15) is 17.7 Å². The van der Waals surface area contributed by atoms with Gasteiger partial charge in [-0.3, -0.25) is 9.10 Å². The number of carbonyl (C=O) groups excluding carboxylic acids is 1. The molecule has 0 atom stereocenters. The van der Waals surface area contributed by atoms with Crippen molar-refractivity contribution < 1.29 is 26.4 Å². The third kappa shape index (κ3) is 5.40. The van der Waals surface area contributed by atoms with Crippen LogP contribution in [0.1, 0.15) is 16.8 Å². The molecule has 0 aliphatic carbocycles. The van der Waals surface area contributed by atoms with E-state index in [1.807, 2.05) is 0 Å². The second-order valence-corrected chi connectivity index (χ2v) is 9.63. The number of fused-ring (bicyclic) bond motifs is 1. The molecule has 1 aliphatic heterocycles. The fraction of sp³-hybridized carbons (Fsp3) is 0.250. The van der Waals surface area contributed by atoms with Crippen LogP contribution in [0.15, 0.2) is 36.9 Å². The number of sulfonamides is 1. The molecule has 0 fully saturated rings. The van der Waals surface area contributed by atoms with Crippen LogP contribution < -0.4 is 20.3 Å². The molecule has 3 heterocycles. The fourth-order valence-electron chi connectivity index (χ4n) is 3.31. The largest absolute Gasteiger partial charge is 0.421 e. The first kappa shape index (κ1) is 24.1. The number of hydrogen-bond donors (Lipinski definition) is 3. The van der Waals surface area contributed by atoms with E-state index in [1.54, 1.807) is 18.2 Å². The molecule has 1 amide bonds. The molecule has 1 aromatic carbocycles. The van der Waals surface area contributed by atoms with Gasteiger partial charge in [0.05, 0.1) is 36.8 Å². The second-order valence-electron chi connectivity index (χ2n) is 7.61. The number of hydrogen-bond acceptors (Lipinski definition) is 9. The van der Waals surface area contributed by atoms with Crippen molar-refractivity contribution >= 4 is 44.8 Å². The van der Waals surface area contributed by atoms with Gasteiger partial charge in [-0.2, -0.15) is 18.2 Å². The van der Waals surface area contributed by atoms with Crippen LogP contribution in [0.2, 0.25) is 0 Å². The molecule has 35 heavy (non-hydrogen) atoms. The lowest BCUT2D eigenvalue weighted by Gasteiger charge is -2.20. The van der Waals surface area contributed by atoms with Crippen molar-refractivity contribution in [3.05, 3.63) is 53.7 Å². The highest BCUT2D eigenvalue weighted by Crippen LogP contribution is 2.35. The monoisotopic (exact) mass is 508 g/mol. The van der Waals surface area contributed by atoms with Gasteiger partial charge in [0, 0.05) is 24.6 Å². The molecular formula is C20H19F3N8O3S. The normalized spacial score (nSPS) is 13.2. The molecule has 4 rings (SSSR count). The number of halogens is 3. The first-order valence-corrected chi connectivity index (χ1v) is 11.9. The summed E-state index contributed by atoms with van der Waals surface area (Å²) < 4.78 is 65.5. The summed E-state index contributed by atoms with van der Waals surface area (Å²) in [5.74, 6) is -0.798. The number of benzene rings is 1. The molecule has 15 heteroatoms. The molecule has 0 spiro atoms. The van der Waals surface area contributed by atoms with E-state index in [0.29, 0.717) is 17.6 Å². The summed E-state index contributed by atoms with van der Waals surface area (Å²) in [6, 6.07) is 4.98. The van der Waals surface area contributed by atoms with Gasteiger partial charge in [-0.25, -0.2) is 23.4 Å². The van der Waals surface area contributed by atoms with E-state index in [9.17, 15) is 26.4 Å². The van der Waals surface area contributed by atoms with Crippen LogP contribution in [-0.4, -0.2) is 47.6 Å². The Morgan fingerprint density at radius 3 is 2.69 bits per heavy atom. The first-order chi connectivity index (χ1) is 16.4. The lowest BCUT2D eigenvalue weighted by Crippen LogP contribution is -2.27. The molecule has 0 bridgehead atoms. The minimum Gasteiger partial charge on any atom is -0.364 e. The minimum atomic E-state index is -4.75. The molecule has 0 saturated carbocycles. The molecule has 0 saturated heterocycles. The van der Waals surface area contributed by atoms with Crippen molar-refractivity contribution in [2.75, 3.05) is 33.6 Å². The standard InChI is InChI=1S/C20H19F3N8O3S/c1-31(35(2,33)34)16-9-24-10-27-15(16)8-25-18-13(20(21,22)23)7-26-19(30-18)28-12-3-4-14-11(5-12)6-17(32)29-14/h3-5,7,9-10H,6,8H2,1-2H3,(H,29,32)(H2,25,26,28,30). The maximum absolute atomic E-state index is 13.6. The van der Waals surface area contributed by atoms with Gasteiger partial charge in [0.25, 0.3) is 0 Å². The summed E-state index contributed by atoms with van der Waals surface area (Å²) in [6.45, 7) is -0.274. The number of nitrogens with zero attached hydrogens (tertiary/aromatic N) is 5. The van der Waals surface area contributed by atoms with Crippen LogP contribution in [0, 0.1) is 0 Å². The summed E-state index contributed by atoms with van der Waals surface area (Å²) in [5.41, 5.74) is 1.01. The Morgan fingerprint density at radius 1 is 1.20 bits per heavy atom. The van der Waals surface area contributed by atoms with Gasteiger partial charge in [0.2, 0.25) is 21.9 Å². The average Bonchev–Trinajstić information content (AvgIpc) is 3.15. The quantitative estimate of drug-likeness (QED) is 0.439. The second kappa shape index (κ2) is 8.98. The van der Waals surface area contributed by atoms with E-state index in [4.69, 9.17) is 0 Å². The van der Waals surface area contributed by atoms with Gasteiger partial charge in [0.15, 0.2) is 0 Å². The Labute approximate surface area is 197 Å². The van der Waals surface area contributed by atoms with Crippen molar-refractivity contribution in [3.63, 3.8) is 0 Å². The van der Waals surface area contributed by atoms with Gasteiger partial charge in [-0.1, -0.05) is 0 Å². The van der Waals surface area contributed by atoms with E-state index in [-0.39, 0.29) is 36.2 Å². The molecule has 1 aliphatic rings. The highest BCUT2D eigenvalue weighted by molar-refractivity contribution is 7.92. The van der Waals surface area contributed by atoms with Crippen LogP contribution in [-0.2, 0) is 34.0 Å². The number of alkyl halides is 3. The van der Waals surface area contributed by atoms with Gasteiger partial charge >= 0.3 is 6.18 Å². The third-order valence-corrected chi connectivity index (χ3v) is 6.30.